The molecule has 1 aliphatic rings. The highest BCUT2D eigenvalue weighted by Crippen LogP contribution is 2.31. The first kappa shape index (κ1) is 14.6. The fraction of sp³-hybridized carbons (Fsp3) is 0.294. The quantitative estimate of drug-likeness (QED) is 0.801. The molecule has 7 heteroatoms. The number of imidazole rings is 1. The van der Waals surface area contributed by atoms with Crippen LogP contribution >= 0.6 is 0 Å². The van der Waals surface area contributed by atoms with Crippen LogP contribution < -0.4 is 5.32 Å². The molecule has 24 heavy (non-hydrogen) atoms. The fourth-order valence-electron chi connectivity index (χ4n) is 3.11. The Balaban J connectivity index is 1.49. The molecule has 1 saturated carbocycles. The van der Waals surface area contributed by atoms with Crippen LogP contribution in [0.4, 0.5) is 5.82 Å². The van der Waals surface area contributed by atoms with Crippen molar-refractivity contribution in [3.05, 3.63) is 54.9 Å². The zero-order chi connectivity index (χ0) is 16.4. The minimum Gasteiger partial charge on any atom is -0.307 e. The zero-order valence-corrected chi connectivity index (χ0v) is 13.2. The van der Waals surface area contributed by atoms with Crippen molar-refractivity contribution >= 4 is 11.7 Å². The summed E-state index contributed by atoms with van der Waals surface area (Å²) in [5.41, 5.74) is 0.512. The Morgan fingerprint density at radius 3 is 2.75 bits per heavy atom. The second kappa shape index (κ2) is 6.27. The molecule has 3 aromatic rings. The number of aromatic nitrogens is 5. The number of carbonyl (C=O) groups excluding carboxylic acids is 1. The van der Waals surface area contributed by atoms with E-state index in [2.05, 4.69) is 20.4 Å². The van der Waals surface area contributed by atoms with Crippen LogP contribution in [0.1, 0.15) is 42.1 Å². The van der Waals surface area contributed by atoms with Gasteiger partial charge in [-0.1, -0.05) is 12.8 Å². The van der Waals surface area contributed by atoms with E-state index >= 15 is 0 Å². The van der Waals surface area contributed by atoms with Gasteiger partial charge in [-0.2, -0.15) is 5.10 Å². The molecule has 7 nitrogen and oxygen atoms in total. The Hall–Kier alpha value is -2.96. The third-order valence-electron chi connectivity index (χ3n) is 4.36. The lowest BCUT2D eigenvalue weighted by Gasteiger charge is -2.14. The highest BCUT2D eigenvalue weighted by atomic mass is 16.1. The normalized spacial score (nSPS) is 14.8. The minimum absolute atomic E-state index is 0.181. The van der Waals surface area contributed by atoms with Crippen LogP contribution in [0.3, 0.4) is 0 Å². The second-order valence-corrected chi connectivity index (χ2v) is 5.93. The minimum atomic E-state index is -0.181. The van der Waals surface area contributed by atoms with Gasteiger partial charge in [0.25, 0.3) is 5.91 Å². The number of hydrogen-bond donors (Lipinski definition) is 1. The summed E-state index contributed by atoms with van der Waals surface area (Å²) in [6.45, 7) is 0. The Kier molecular flexibility index (Phi) is 3.82. The zero-order valence-electron chi connectivity index (χ0n) is 13.2. The smallest absolute Gasteiger partial charge is 0.258 e. The monoisotopic (exact) mass is 322 g/mol. The molecule has 0 bridgehead atoms. The Bertz CT molecular complexity index is 815. The van der Waals surface area contributed by atoms with E-state index in [-0.39, 0.29) is 5.91 Å². The van der Waals surface area contributed by atoms with Gasteiger partial charge in [0, 0.05) is 24.7 Å². The van der Waals surface area contributed by atoms with E-state index in [0.29, 0.717) is 11.6 Å². The highest BCUT2D eigenvalue weighted by Gasteiger charge is 2.20. The van der Waals surface area contributed by atoms with Crippen molar-refractivity contribution in [1.29, 1.82) is 0 Å². The third kappa shape index (κ3) is 2.80. The van der Waals surface area contributed by atoms with Gasteiger partial charge in [-0.15, -0.1) is 0 Å². The predicted molar refractivity (Wildman–Crippen MR) is 89.0 cm³/mol. The molecule has 1 N–H and O–H groups in total. The van der Waals surface area contributed by atoms with E-state index in [1.165, 1.54) is 12.8 Å². The average Bonchev–Trinajstić information content (AvgIpc) is 3.36. The van der Waals surface area contributed by atoms with Gasteiger partial charge < -0.3 is 5.32 Å². The lowest BCUT2D eigenvalue weighted by atomic mass is 10.2. The summed E-state index contributed by atoms with van der Waals surface area (Å²) in [4.78, 5) is 20.8. The summed E-state index contributed by atoms with van der Waals surface area (Å²) in [6.07, 6.45) is 13.1. The van der Waals surface area contributed by atoms with Crippen LogP contribution in [-0.4, -0.2) is 30.2 Å². The first-order chi connectivity index (χ1) is 11.8. The van der Waals surface area contributed by atoms with Crippen molar-refractivity contribution in [3.63, 3.8) is 0 Å². The van der Waals surface area contributed by atoms with Crippen molar-refractivity contribution in [1.82, 2.24) is 24.3 Å². The molecular weight excluding hydrogens is 304 g/mol. The number of rotatable bonds is 4. The van der Waals surface area contributed by atoms with Gasteiger partial charge in [-0.05, 0) is 25.0 Å². The van der Waals surface area contributed by atoms with Crippen LogP contribution in [0, 0.1) is 0 Å². The summed E-state index contributed by atoms with van der Waals surface area (Å²) in [7, 11) is 0. The maximum absolute atomic E-state index is 12.5. The summed E-state index contributed by atoms with van der Waals surface area (Å²) in [6, 6.07) is 5.78. The molecule has 0 aromatic carbocycles. The first-order valence-corrected chi connectivity index (χ1v) is 8.10. The van der Waals surface area contributed by atoms with Crippen LogP contribution in [0.2, 0.25) is 0 Å². The number of amides is 1. The number of nitrogens with one attached hydrogen (secondary N) is 1. The molecule has 0 saturated heterocycles. The molecule has 0 spiro atoms. The molecule has 0 atom stereocenters. The van der Waals surface area contributed by atoms with E-state index in [1.54, 1.807) is 41.6 Å². The van der Waals surface area contributed by atoms with Gasteiger partial charge in [-0.3, -0.25) is 9.36 Å². The maximum Gasteiger partial charge on any atom is 0.258 e. The fourth-order valence-corrected chi connectivity index (χ4v) is 3.11. The summed E-state index contributed by atoms with van der Waals surface area (Å²) in [5, 5.41) is 7.31. The lowest BCUT2D eigenvalue weighted by Crippen LogP contribution is -2.18. The molecule has 3 aromatic heterocycles. The summed E-state index contributed by atoms with van der Waals surface area (Å²) >= 11 is 0. The maximum atomic E-state index is 12.5. The number of pyridine rings is 1. The van der Waals surface area contributed by atoms with Crippen molar-refractivity contribution in [2.75, 3.05) is 5.32 Å². The van der Waals surface area contributed by atoms with E-state index in [4.69, 9.17) is 0 Å². The van der Waals surface area contributed by atoms with Gasteiger partial charge in [0.2, 0.25) is 0 Å². The molecular formula is C17H18N6O. The highest BCUT2D eigenvalue weighted by molar-refractivity contribution is 6.03. The van der Waals surface area contributed by atoms with Crippen molar-refractivity contribution in [3.8, 4) is 5.82 Å². The molecule has 1 amide bonds. The number of nitrogens with zero attached hydrogens (tertiary/aromatic N) is 5. The Labute approximate surface area is 139 Å². The predicted octanol–water partition coefficient (Wildman–Crippen LogP) is 2.83. The van der Waals surface area contributed by atoms with E-state index in [9.17, 15) is 4.79 Å². The number of anilines is 1. The largest absolute Gasteiger partial charge is 0.307 e. The van der Waals surface area contributed by atoms with Crippen LogP contribution in [0.15, 0.2) is 49.3 Å². The number of hydrogen-bond acceptors (Lipinski definition) is 4. The van der Waals surface area contributed by atoms with Gasteiger partial charge >= 0.3 is 0 Å². The lowest BCUT2D eigenvalue weighted by molar-refractivity contribution is 0.102. The van der Waals surface area contributed by atoms with Crippen LogP contribution in [0.25, 0.3) is 5.82 Å². The molecule has 122 valence electrons. The van der Waals surface area contributed by atoms with Gasteiger partial charge in [-0.25, -0.2) is 14.6 Å². The van der Waals surface area contributed by atoms with Crippen LogP contribution in [0.5, 0.6) is 0 Å². The van der Waals surface area contributed by atoms with Crippen molar-refractivity contribution in [2.24, 2.45) is 0 Å². The van der Waals surface area contributed by atoms with Crippen molar-refractivity contribution < 1.29 is 4.79 Å². The third-order valence-corrected chi connectivity index (χ3v) is 4.36. The summed E-state index contributed by atoms with van der Waals surface area (Å²) in [5.74, 6) is 1.28. The molecule has 4 rings (SSSR count). The van der Waals surface area contributed by atoms with Gasteiger partial charge in [0.15, 0.2) is 0 Å². The summed E-state index contributed by atoms with van der Waals surface area (Å²) < 4.78 is 3.72. The Morgan fingerprint density at radius 2 is 2.04 bits per heavy atom. The molecule has 3 heterocycles. The van der Waals surface area contributed by atoms with Crippen LogP contribution in [-0.2, 0) is 0 Å². The van der Waals surface area contributed by atoms with Crippen molar-refractivity contribution in [2.45, 2.75) is 31.7 Å². The topological polar surface area (TPSA) is 77.6 Å². The van der Waals surface area contributed by atoms with Gasteiger partial charge in [0.05, 0.1) is 17.8 Å². The van der Waals surface area contributed by atoms with Gasteiger partial charge in [0.1, 0.15) is 18.0 Å². The molecule has 1 aliphatic carbocycles. The first-order valence-electron chi connectivity index (χ1n) is 8.10. The van der Waals surface area contributed by atoms with E-state index < -0.39 is 0 Å². The second-order valence-electron chi connectivity index (χ2n) is 5.93. The van der Waals surface area contributed by atoms with E-state index in [1.807, 2.05) is 16.9 Å². The molecule has 0 radical (unpaired) electrons. The standard InChI is InChI=1S/C17H18N6O/c24-17(13-5-6-15(19-11-13)22-10-9-18-12-22)21-16-7-8-20-23(16)14-3-1-2-4-14/h5-12,14H,1-4H2,(H,21,24). The SMILES string of the molecule is O=C(Nc1ccnn1C1CCCC1)c1ccc(-n2ccnc2)nc1. The molecule has 1 fully saturated rings. The Morgan fingerprint density at radius 1 is 1.17 bits per heavy atom. The average molecular weight is 322 g/mol. The number of carbonyl (C=O) groups is 1. The van der Waals surface area contributed by atoms with E-state index in [0.717, 1.165) is 24.5 Å². The molecule has 0 unspecified atom stereocenters. The molecule has 0 aliphatic heterocycles.